The number of anilines is 1. The summed E-state index contributed by atoms with van der Waals surface area (Å²) >= 11 is 0. The number of nitrogens with one attached hydrogen (secondary N) is 4. The molecule has 0 aliphatic heterocycles. The third kappa shape index (κ3) is 5.32. The van der Waals surface area contributed by atoms with Crippen molar-refractivity contribution in [2.75, 3.05) is 38.7 Å². The molecule has 0 saturated carbocycles. The maximum atomic E-state index is 12.6. The van der Waals surface area contributed by atoms with Crippen LogP contribution in [0.15, 0.2) is 42.6 Å². The standard InChI is InChI=1S/C21H25N5O3/c1-14(27)22-9-10-25-21(28)17-4-6-19(26-20(17)24-11-12-29-2)15-3-5-18-16(13-15)7-8-23-18/h3-8,13,23H,9-12H2,1-2H3,(H,22,27)(H,24,26)(H,25,28). The topological polar surface area (TPSA) is 108 Å². The van der Waals surface area contributed by atoms with Crippen LogP contribution >= 0.6 is 0 Å². The first-order valence-corrected chi connectivity index (χ1v) is 9.42. The van der Waals surface area contributed by atoms with Crippen molar-refractivity contribution >= 4 is 28.5 Å². The van der Waals surface area contributed by atoms with Crippen molar-refractivity contribution in [3.63, 3.8) is 0 Å². The van der Waals surface area contributed by atoms with E-state index in [1.54, 1.807) is 13.2 Å². The summed E-state index contributed by atoms with van der Waals surface area (Å²) in [6.45, 7) is 3.16. The summed E-state index contributed by atoms with van der Waals surface area (Å²) in [7, 11) is 1.62. The van der Waals surface area contributed by atoms with Crippen LogP contribution in [-0.2, 0) is 9.53 Å². The van der Waals surface area contributed by atoms with Crippen LogP contribution in [0, 0.1) is 0 Å². The number of carbonyl (C=O) groups excluding carboxylic acids is 2. The Labute approximate surface area is 169 Å². The lowest BCUT2D eigenvalue weighted by molar-refractivity contribution is -0.118. The van der Waals surface area contributed by atoms with E-state index < -0.39 is 0 Å². The van der Waals surface area contributed by atoms with Crippen LogP contribution in [0.5, 0.6) is 0 Å². The van der Waals surface area contributed by atoms with Crippen LogP contribution in [0.25, 0.3) is 22.2 Å². The number of hydrogen-bond donors (Lipinski definition) is 4. The molecule has 0 fully saturated rings. The Kier molecular flexibility index (Phi) is 6.80. The van der Waals surface area contributed by atoms with Gasteiger partial charge in [0.25, 0.3) is 5.91 Å². The van der Waals surface area contributed by atoms with Crippen molar-refractivity contribution in [2.24, 2.45) is 0 Å². The lowest BCUT2D eigenvalue weighted by Crippen LogP contribution is -2.34. The lowest BCUT2D eigenvalue weighted by atomic mass is 10.1. The van der Waals surface area contributed by atoms with Gasteiger partial charge in [-0.25, -0.2) is 4.98 Å². The third-order valence-corrected chi connectivity index (χ3v) is 4.37. The molecule has 0 spiro atoms. The maximum Gasteiger partial charge on any atom is 0.255 e. The van der Waals surface area contributed by atoms with E-state index in [1.807, 2.05) is 30.5 Å². The summed E-state index contributed by atoms with van der Waals surface area (Å²) in [5.74, 6) is 0.104. The number of aromatic amines is 1. The highest BCUT2D eigenvalue weighted by molar-refractivity contribution is 5.99. The first-order chi connectivity index (χ1) is 14.1. The molecular weight excluding hydrogens is 370 g/mol. The van der Waals surface area contributed by atoms with Gasteiger partial charge in [-0.05, 0) is 30.3 Å². The molecule has 1 aromatic carbocycles. The monoisotopic (exact) mass is 395 g/mol. The predicted octanol–water partition coefficient (Wildman–Crippen LogP) is 2.15. The first-order valence-electron chi connectivity index (χ1n) is 9.42. The Hall–Kier alpha value is -3.39. The number of amides is 2. The second-order valence-electron chi connectivity index (χ2n) is 6.53. The molecule has 0 aliphatic carbocycles. The van der Waals surface area contributed by atoms with Gasteiger partial charge in [-0.15, -0.1) is 0 Å². The molecule has 3 rings (SSSR count). The van der Waals surface area contributed by atoms with E-state index in [9.17, 15) is 9.59 Å². The van der Waals surface area contributed by atoms with Gasteiger partial charge in [0, 0.05) is 56.3 Å². The van der Waals surface area contributed by atoms with E-state index in [-0.39, 0.29) is 11.8 Å². The molecule has 0 atom stereocenters. The van der Waals surface area contributed by atoms with Crippen molar-refractivity contribution in [1.82, 2.24) is 20.6 Å². The highest BCUT2D eigenvalue weighted by Gasteiger charge is 2.14. The predicted molar refractivity (Wildman–Crippen MR) is 113 cm³/mol. The number of ether oxygens (including phenoxy) is 1. The molecule has 29 heavy (non-hydrogen) atoms. The average molecular weight is 395 g/mol. The number of fused-ring (bicyclic) bond motifs is 1. The molecule has 2 amide bonds. The Morgan fingerprint density at radius 2 is 1.90 bits per heavy atom. The van der Waals surface area contributed by atoms with Crippen LogP contribution < -0.4 is 16.0 Å². The van der Waals surface area contributed by atoms with E-state index in [0.29, 0.717) is 37.6 Å². The quantitative estimate of drug-likeness (QED) is 0.415. The molecule has 8 nitrogen and oxygen atoms in total. The number of nitrogens with zero attached hydrogens (tertiary/aromatic N) is 1. The molecule has 0 saturated heterocycles. The zero-order valence-electron chi connectivity index (χ0n) is 16.5. The molecule has 2 aromatic heterocycles. The molecule has 2 heterocycles. The van der Waals surface area contributed by atoms with Gasteiger partial charge in [-0.1, -0.05) is 6.07 Å². The Morgan fingerprint density at radius 3 is 2.69 bits per heavy atom. The smallest absolute Gasteiger partial charge is 0.255 e. The first kappa shape index (κ1) is 20.3. The number of benzene rings is 1. The van der Waals surface area contributed by atoms with Gasteiger partial charge in [-0.3, -0.25) is 9.59 Å². The van der Waals surface area contributed by atoms with Gasteiger partial charge in [0.1, 0.15) is 5.82 Å². The van der Waals surface area contributed by atoms with E-state index in [4.69, 9.17) is 4.74 Å². The fourth-order valence-corrected chi connectivity index (χ4v) is 2.93. The van der Waals surface area contributed by atoms with Crippen molar-refractivity contribution < 1.29 is 14.3 Å². The zero-order valence-corrected chi connectivity index (χ0v) is 16.5. The van der Waals surface area contributed by atoms with Crippen LogP contribution in [-0.4, -0.2) is 55.1 Å². The van der Waals surface area contributed by atoms with Crippen molar-refractivity contribution in [1.29, 1.82) is 0 Å². The van der Waals surface area contributed by atoms with Crippen molar-refractivity contribution in [3.8, 4) is 11.3 Å². The lowest BCUT2D eigenvalue weighted by Gasteiger charge is -2.13. The molecule has 152 valence electrons. The number of aromatic nitrogens is 2. The fraction of sp³-hybridized carbons (Fsp3) is 0.286. The Balaban J connectivity index is 1.81. The summed E-state index contributed by atoms with van der Waals surface area (Å²) in [5, 5.41) is 9.71. The van der Waals surface area contributed by atoms with Gasteiger partial charge in [0.2, 0.25) is 5.91 Å². The molecule has 8 heteroatoms. The van der Waals surface area contributed by atoms with Gasteiger partial charge < -0.3 is 25.7 Å². The van der Waals surface area contributed by atoms with E-state index in [1.165, 1.54) is 6.92 Å². The van der Waals surface area contributed by atoms with Crippen LogP contribution in [0.3, 0.4) is 0 Å². The normalized spacial score (nSPS) is 10.7. The third-order valence-electron chi connectivity index (χ3n) is 4.37. The van der Waals surface area contributed by atoms with E-state index in [0.717, 1.165) is 22.2 Å². The molecule has 0 unspecified atom stereocenters. The number of carbonyl (C=O) groups is 2. The number of methoxy groups -OCH3 is 1. The summed E-state index contributed by atoms with van der Waals surface area (Å²) in [4.78, 5) is 31.4. The number of H-pyrrole nitrogens is 1. The minimum Gasteiger partial charge on any atom is -0.383 e. The van der Waals surface area contributed by atoms with E-state index >= 15 is 0 Å². The summed E-state index contributed by atoms with van der Waals surface area (Å²) < 4.78 is 5.09. The Morgan fingerprint density at radius 1 is 1.07 bits per heavy atom. The summed E-state index contributed by atoms with van der Waals surface area (Å²) in [6.07, 6.45) is 1.90. The zero-order chi connectivity index (χ0) is 20.6. The maximum absolute atomic E-state index is 12.6. The van der Waals surface area contributed by atoms with Gasteiger partial charge in [0.05, 0.1) is 17.9 Å². The van der Waals surface area contributed by atoms with Gasteiger partial charge in [-0.2, -0.15) is 0 Å². The SMILES string of the molecule is COCCNc1nc(-c2ccc3[nH]ccc3c2)ccc1C(=O)NCCNC(C)=O. The van der Waals surface area contributed by atoms with Crippen LogP contribution in [0.1, 0.15) is 17.3 Å². The molecular formula is C21H25N5O3. The van der Waals surface area contributed by atoms with Crippen LogP contribution in [0.2, 0.25) is 0 Å². The molecule has 0 radical (unpaired) electrons. The van der Waals surface area contributed by atoms with Gasteiger partial charge >= 0.3 is 0 Å². The largest absolute Gasteiger partial charge is 0.383 e. The highest BCUT2D eigenvalue weighted by atomic mass is 16.5. The molecule has 0 bridgehead atoms. The summed E-state index contributed by atoms with van der Waals surface area (Å²) in [5.41, 5.74) is 3.23. The Bertz CT molecular complexity index is 999. The summed E-state index contributed by atoms with van der Waals surface area (Å²) in [6, 6.07) is 11.7. The van der Waals surface area contributed by atoms with Gasteiger partial charge in [0.15, 0.2) is 0 Å². The number of rotatable bonds is 9. The van der Waals surface area contributed by atoms with E-state index in [2.05, 4.69) is 32.0 Å². The molecule has 4 N–H and O–H groups in total. The number of hydrogen-bond acceptors (Lipinski definition) is 5. The average Bonchev–Trinajstić information content (AvgIpc) is 3.19. The second-order valence-corrected chi connectivity index (χ2v) is 6.53. The second kappa shape index (κ2) is 9.70. The molecule has 3 aromatic rings. The van der Waals surface area contributed by atoms with Crippen molar-refractivity contribution in [2.45, 2.75) is 6.92 Å². The molecule has 0 aliphatic rings. The van der Waals surface area contributed by atoms with Crippen LogP contribution in [0.4, 0.5) is 5.82 Å². The number of pyridine rings is 1. The van der Waals surface area contributed by atoms with Crippen molar-refractivity contribution in [3.05, 3.63) is 48.2 Å². The minimum atomic E-state index is -0.254. The minimum absolute atomic E-state index is 0.133. The highest BCUT2D eigenvalue weighted by Crippen LogP contribution is 2.25. The fourth-order valence-electron chi connectivity index (χ4n) is 2.93.